The Morgan fingerprint density at radius 1 is 1.27 bits per heavy atom. The van der Waals surface area contributed by atoms with Gasteiger partial charge in [0.05, 0.1) is 0 Å². The third-order valence-corrected chi connectivity index (χ3v) is 6.47. The average molecular weight is 374 g/mol. The van der Waals surface area contributed by atoms with Gasteiger partial charge in [-0.3, -0.25) is 4.90 Å². The number of anilines is 1. The van der Waals surface area contributed by atoms with E-state index < -0.39 is 6.09 Å². The number of nitrogens with one attached hydrogen (secondary N) is 1. The van der Waals surface area contributed by atoms with Crippen molar-refractivity contribution in [3.63, 3.8) is 0 Å². The Morgan fingerprint density at radius 3 is 2.73 bits per heavy atom. The Hall–Kier alpha value is -1.92. The number of fused-ring (bicyclic) bond motifs is 2. The fourth-order valence-corrected chi connectivity index (χ4v) is 5.33. The van der Waals surface area contributed by atoms with Crippen LogP contribution in [0.3, 0.4) is 0 Å². The van der Waals surface area contributed by atoms with E-state index in [4.69, 9.17) is 0 Å². The van der Waals surface area contributed by atoms with E-state index in [-0.39, 0.29) is 5.82 Å². The zero-order valence-electron chi connectivity index (χ0n) is 14.5. The summed E-state index contributed by atoms with van der Waals surface area (Å²) in [4.78, 5) is 13.5. The summed E-state index contributed by atoms with van der Waals surface area (Å²) < 4.78 is 13.5. The van der Waals surface area contributed by atoms with E-state index in [0.29, 0.717) is 31.0 Å². The largest absolute Gasteiger partial charge is 0.465 e. The standard InChI is InChI=1S/C20H23FN2O2S/c21-16-3-1-2-13(9-16)8-15-6-7-26-19(15)23(20(24)25)12-14-10-17-4-5-18(11-14)22-17/h1-3,6-7,9,14,17-18,22H,4-5,8,10-12H2,(H,24,25). The van der Waals surface area contributed by atoms with Gasteiger partial charge in [0.2, 0.25) is 0 Å². The van der Waals surface area contributed by atoms with Crippen LogP contribution in [0.4, 0.5) is 14.2 Å². The first-order chi connectivity index (χ1) is 12.6. The summed E-state index contributed by atoms with van der Waals surface area (Å²) in [6.45, 7) is 0.542. The highest BCUT2D eigenvalue weighted by molar-refractivity contribution is 7.14. The third kappa shape index (κ3) is 3.76. The van der Waals surface area contributed by atoms with Gasteiger partial charge in [-0.1, -0.05) is 12.1 Å². The molecule has 0 aliphatic carbocycles. The number of halogens is 1. The van der Waals surface area contributed by atoms with Gasteiger partial charge in [-0.15, -0.1) is 11.3 Å². The first kappa shape index (κ1) is 17.5. The molecule has 2 saturated heterocycles. The zero-order valence-corrected chi connectivity index (χ0v) is 15.3. The lowest BCUT2D eigenvalue weighted by atomic mass is 9.92. The number of piperidine rings is 1. The predicted octanol–water partition coefficient (Wildman–Crippen LogP) is 4.49. The van der Waals surface area contributed by atoms with Crippen molar-refractivity contribution in [1.82, 2.24) is 5.32 Å². The quantitative estimate of drug-likeness (QED) is 0.811. The number of rotatable bonds is 5. The van der Waals surface area contributed by atoms with Crippen LogP contribution in [0.25, 0.3) is 0 Å². The van der Waals surface area contributed by atoms with E-state index in [2.05, 4.69) is 5.32 Å². The third-order valence-electron chi connectivity index (χ3n) is 5.49. The van der Waals surface area contributed by atoms with Crippen LogP contribution in [0.15, 0.2) is 35.7 Å². The summed E-state index contributed by atoms with van der Waals surface area (Å²) in [6.07, 6.45) is 4.14. The van der Waals surface area contributed by atoms with E-state index in [1.165, 1.54) is 41.2 Å². The second-order valence-electron chi connectivity index (χ2n) is 7.43. The van der Waals surface area contributed by atoms with Crippen molar-refractivity contribution < 1.29 is 14.3 Å². The molecule has 1 aromatic carbocycles. The van der Waals surface area contributed by atoms with E-state index in [0.717, 1.165) is 29.0 Å². The van der Waals surface area contributed by atoms with E-state index in [9.17, 15) is 14.3 Å². The lowest BCUT2D eigenvalue weighted by molar-refractivity contribution is 0.198. The topological polar surface area (TPSA) is 52.6 Å². The smallest absolute Gasteiger partial charge is 0.412 e. The minimum absolute atomic E-state index is 0.264. The van der Waals surface area contributed by atoms with Gasteiger partial charge >= 0.3 is 6.09 Å². The molecular weight excluding hydrogens is 351 g/mol. The monoisotopic (exact) mass is 374 g/mol. The summed E-state index contributed by atoms with van der Waals surface area (Å²) >= 11 is 1.45. The fourth-order valence-electron chi connectivity index (χ4n) is 4.40. The maximum atomic E-state index is 13.5. The molecule has 2 N–H and O–H groups in total. The Kier molecular flexibility index (Phi) is 4.96. The first-order valence-electron chi connectivity index (χ1n) is 9.16. The lowest BCUT2D eigenvalue weighted by Gasteiger charge is -2.32. The van der Waals surface area contributed by atoms with Crippen molar-refractivity contribution in [1.29, 1.82) is 0 Å². The molecule has 0 saturated carbocycles. The van der Waals surface area contributed by atoms with Crippen LogP contribution >= 0.6 is 11.3 Å². The summed E-state index contributed by atoms with van der Waals surface area (Å²) in [5.74, 6) is 0.133. The summed E-state index contributed by atoms with van der Waals surface area (Å²) in [6, 6.07) is 9.54. The van der Waals surface area contributed by atoms with Crippen molar-refractivity contribution in [3.8, 4) is 0 Å². The first-order valence-corrected chi connectivity index (χ1v) is 10.0. The molecule has 2 fully saturated rings. The number of carbonyl (C=O) groups is 1. The summed E-state index contributed by atoms with van der Waals surface area (Å²) in [5, 5.41) is 16.1. The van der Waals surface area contributed by atoms with Crippen LogP contribution in [0, 0.1) is 11.7 Å². The Labute approximate surface area is 156 Å². The van der Waals surface area contributed by atoms with Crippen molar-refractivity contribution in [2.24, 2.45) is 5.92 Å². The molecule has 0 radical (unpaired) electrons. The van der Waals surface area contributed by atoms with Crippen molar-refractivity contribution in [3.05, 3.63) is 52.7 Å². The summed E-state index contributed by atoms with van der Waals surface area (Å²) in [5.41, 5.74) is 1.80. The number of thiophene rings is 1. The molecule has 4 rings (SSSR count). The van der Waals surface area contributed by atoms with E-state index >= 15 is 0 Å². The van der Waals surface area contributed by atoms with Gasteiger partial charge in [0.25, 0.3) is 0 Å². The Bertz CT molecular complexity index is 782. The Balaban J connectivity index is 1.52. The van der Waals surface area contributed by atoms with Crippen LogP contribution in [0.1, 0.15) is 36.8 Å². The Morgan fingerprint density at radius 2 is 2.04 bits per heavy atom. The molecule has 26 heavy (non-hydrogen) atoms. The highest BCUT2D eigenvalue weighted by Crippen LogP contribution is 2.35. The van der Waals surface area contributed by atoms with Crippen LogP contribution in [-0.2, 0) is 6.42 Å². The van der Waals surface area contributed by atoms with Gasteiger partial charge in [0.15, 0.2) is 0 Å². The number of benzene rings is 1. The molecule has 2 aliphatic heterocycles. The molecular formula is C20H23FN2O2S. The number of hydrogen-bond acceptors (Lipinski definition) is 3. The predicted molar refractivity (Wildman–Crippen MR) is 102 cm³/mol. The van der Waals surface area contributed by atoms with Gasteiger partial charge in [-0.25, -0.2) is 9.18 Å². The number of carboxylic acid groups (broad SMARTS) is 1. The minimum Gasteiger partial charge on any atom is -0.465 e. The van der Waals surface area contributed by atoms with Gasteiger partial charge in [-0.2, -0.15) is 0 Å². The molecule has 138 valence electrons. The molecule has 2 unspecified atom stereocenters. The zero-order chi connectivity index (χ0) is 18.1. The molecule has 0 spiro atoms. The molecule has 6 heteroatoms. The van der Waals surface area contributed by atoms with E-state index in [1.807, 2.05) is 17.5 Å². The summed E-state index contributed by atoms with van der Waals surface area (Å²) in [7, 11) is 0. The second-order valence-corrected chi connectivity index (χ2v) is 8.32. The average Bonchev–Trinajstić information content (AvgIpc) is 3.18. The fraction of sp³-hybridized carbons (Fsp3) is 0.450. The number of amides is 1. The molecule has 2 atom stereocenters. The molecule has 3 heterocycles. The SMILES string of the molecule is O=C(O)N(CC1CC2CCC(C1)N2)c1sccc1Cc1cccc(F)c1. The van der Waals surface area contributed by atoms with Gasteiger partial charge in [0, 0.05) is 25.0 Å². The van der Waals surface area contributed by atoms with Gasteiger partial charge < -0.3 is 10.4 Å². The van der Waals surface area contributed by atoms with Crippen LogP contribution in [0.5, 0.6) is 0 Å². The van der Waals surface area contributed by atoms with Crippen LogP contribution in [0.2, 0.25) is 0 Å². The van der Waals surface area contributed by atoms with E-state index in [1.54, 1.807) is 6.07 Å². The highest BCUT2D eigenvalue weighted by atomic mass is 32.1. The maximum absolute atomic E-state index is 13.5. The minimum atomic E-state index is -0.904. The highest BCUT2D eigenvalue weighted by Gasteiger charge is 2.35. The number of nitrogens with zero attached hydrogens (tertiary/aromatic N) is 1. The van der Waals surface area contributed by atoms with Gasteiger partial charge in [-0.05, 0) is 66.3 Å². The molecule has 4 nitrogen and oxygen atoms in total. The van der Waals surface area contributed by atoms with Crippen LogP contribution < -0.4 is 10.2 Å². The lowest BCUT2D eigenvalue weighted by Crippen LogP contribution is -2.43. The van der Waals surface area contributed by atoms with Crippen molar-refractivity contribution in [2.75, 3.05) is 11.4 Å². The molecule has 2 aromatic rings. The molecule has 1 aromatic heterocycles. The number of hydrogen-bond donors (Lipinski definition) is 2. The molecule has 2 bridgehead atoms. The molecule has 2 aliphatic rings. The normalized spacial score (nSPS) is 24.6. The molecule has 1 amide bonds. The second kappa shape index (κ2) is 7.37. The van der Waals surface area contributed by atoms with Crippen molar-refractivity contribution >= 4 is 22.4 Å². The van der Waals surface area contributed by atoms with Gasteiger partial charge in [0.1, 0.15) is 10.8 Å². The van der Waals surface area contributed by atoms with Crippen LogP contribution in [-0.4, -0.2) is 29.8 Å². The van der Waals surface area contributed by atoms with Crippen molar-refractivity contribution in [2.45, 2.75) is 44.2 Å². The maximum Gasteiger partial charge on any atom is 0.412 e.